The number of aromatic nitrogens is 2. The molecule has 0 radical (unpaired) electrons. The molecule has 0 fully saturated rings. The van der Waals surface area contributed by atoms with E-state index in [2.05, 4.69) is 23.5 Å². The predicted molar refractivity (Wildman–Crippen MR) is 88.2 cm³/mol. The zero-order valence-corrected chi connectivity index (χ0v) is 12.6. The minimum atomic E-state index is -0.481. The van der Waals surface area contributed by atoms with Crippen molar-refractivity contribution in [2.24, 2.45) is 0 Å². The quantitative estimate of drug-likeness (QED) is 0.637. The largest absolute Gasteiger partial charge is 0.240 e. The molecule has 1 heterocycles. The van der Waals surface area contributed by atoms with Crippen LogP contribution >= 0.6 is 0 Å². The molecular weight excluding hydrogens is 289 g/mol. The molecule has 0 bridgehead atoms. The van der Waals surface area contributed by atoms with Crippen LogP contribution < -0.4 is 0 Å². The van der Waals surface area contributed by atoms with Crippen LogP contribution in [-0.4, -0.2) is 9.78 Å². The Morgan fingerprint density at radius 1 is 1.35 bits per heavy atom. The molecule has 1 aromatic heterocycles. The maximum Gasteiger partial charge on any atom is 0.126 e. The molecule has 0 unspecified atom stereocenters. The third-order valence-corrected chi connectivity index (χ3v) is 2.90. The van der Waals surface area contributed by atoms with Crippen LogP contribution in [0.4, 0.5) is 4.39 Å². The maximum absolute atomic E-state index is 13.5. The summed E-state index contributed by atoms with van der Waals surface area (Å²) in [6.07, 6.45) is 10.6. The van der Waals surface area contributed by atoms with Crippen LogP contribution in [0.3, 0.4) is 0 Å². The van der Waals surface area contributed by atoms with Crippen LogP contribution in [0.15, 0.2) is 67.0 Å². The number of hydrogen-bond acceptors (Lipinski definition) is 2. The fourth-order valence-electron chi connectivity index (χ4n) is 1.80. The fourth-order valence-corrected chi connectivity index (χ4v) is 1.80. The van der Waals surface area contributed by atoms with E-state index in [0.29, 0.717) is 11.3 Å². The molecule has 0 spiro atoms. The summed E-state index contributed by atoms with van der Waals surface area (Å²) >= 11 is 0. The van der Waals surface area contributed by atoms with Crippen LogP contribution in [0.2, 0.25) is 0 Å². The van der Waals surface area contributed by atoms with E-state index in [1.165, 1.54) is 16.8 Å². The Morgan fingerprint density at radius 3 is 2.87 bits per heavy atom. The van der Waals surface area contributed by atoms with E-state index in [1.54, 1.807) is 24.5 Å². The Bertz CT molecular complexity index is 883. The maximum atomic E-state index is 13.5. The Kier molecular flexibility index (Phi) is 5.28. The third-order valence-electron chi connectivity index (χ3n) is 2.90. The SMILES string of the molecule is C=C/C(C#Cc1cnn(-c2cc(F)cc(C#N)c2)c1)=C\C=C/C. The van der Waals surface area contributed by atoms with Gasteiger partial charge in [-0.1, -0.05) is 36.6 Å². The van der Waals surface area contributed by atoms with Gasteiger partial charge in [-0.3, -0.25) is 0 Å². The first-order valence-corrected chi connectivity index (χ1v) is 6.89. The van der Waals surface area contributed by atoms with Gasteiger partial charge in [-0.25, -0.2) is 9.07 Å². The van der Waals surface area contributed by atoms with Crippen LogP contribution in [0.5, 0.6) is 0 Å². The van der Waals surface area contributed by atoms with E-state index in [-0.39, 0.29) is 5.56 Å². The van der Waals surface area contributed by atoms with Gasteiger partial charge in [-0.15, -0.1) is 0 Å². The number of nitrogens with zero attached hydrogens (tertiary/aromatic N) is 3. The van der Waals surface area contributed by atoms with Gasteiger partial charge in [-0.05, 0) is 31.2 Å². The molecular formula is C19H14FN3. The van der Waals surface area contributed by atoms with Crippen molar-refractivity contribution in [1.29, 1.82) is 5.26 Å². The molecule has 0 aliphatic carbocycles. The number of rotatable bonds is 3. The molecule has 2 aromatic rings. The van der Waals surface area contributed by atoms with Gasteiger partial charge in [-0.2, -0.15) is 10.4 Å². The van der Waals surface area contributed by atoms with Gasteiger partial charge < -0.3 is 0 Å². The van der Waals surface area contributed by atoms with Crippen molar-refractivity contribution in [1.82, 2.24) is 9.78 Å². The Balaban J connectivity index is 2.31. The Labute approximate surface area is 134 Å². The Morgan fingerprint density at radius 2 is 2.17 bits per heavy atom. The first-order valence-electron chi connectivity index (χ1n) is 6.89. The molecule has 0 amide bonds. The molecule has 0 saturated carbocycles. The zero-order valence-electron chi connectivity index (χ0n) is 12.6. The molecule has 1 aromatic carbocycles. The molecule has 0 atom stereocenters. The number of benzene rings is 1. The molecule has 0 aliphatic heterocycles. The van der Waals surface area contributed by atoms with Crippen molar-refractivity contribution >= 4 is 0 Å². The second kappa shape index (κ2) is 7.59. The van der Waals surface area contributed by atoms with Gasteiger partial charge in [0.15, 0.2) is 0 Å². The Hall–Kier alpha value is -3.37. The van der Waals surface area contributed by atoms with E-state index >= 15 is 0 Å². The molecule has 3 nitrogen and oxygen atoms in total. The summed E-state index contributed by atoms with van der Waals surface area (Å²) in [5.74, 6) is 5.47. The molecule has 112 valence electrons. The fraction of sp³-hybridized carbons (Fsp3) is 0.0526. The summed E-state index contributed by atoms with van der Waals surface area (Å²) in [6.45, 7) is 5.63. The van der Waals surface area contributed by atoms with Crippen molar-refractivity contribution in [3.63, 3.8) is 0 Å². The molecule has 0 aliphatic rings. The number of halogens is 1. The minimum Gasteiger partial charge on any atom is -0.240 e. The van der Waals surface area contributed by atoms with Gasteiger partial charge in [0.2, 0.25) is 0 Å². The summed E-state index contributed by atoms with van der Waals surface area (Å²) < 4.78 is 15.0. The first kappa shape index (κ1) is 16.0. The summed E-state index contributed by atoms with van der Waals surface area (Å²) in [4.78, 5) is 0. The van der Waals surface area contributed by atoms with Gasteiger partial charge in [0.1, 0.15) is 5.82 Å². The monoisotopic (exact) mass is 303 g/mol. The minimum absolute atomic E-state index is 0.242. The van der Waals surface area contributed by atoms with Crippen molar-refractivity contribution in [2.75, 3.05) is 0 Å². The van der Waals surface area contributed by atoms with Crippen LogP contribution in [0.1, 0.15) is 18.1 Å². The zero-order chi connectivity index (χ0) is 16.7. The predicted octanol–water partition coefficient (Wildman–Crippen LogP) is 3.92. The second-order valence-corrected chi connectivity index (χ2v) is 4.59. The highest BCUT2D eigenvalue weighted by molar-refractivity contribution is 5.46. The second-order valence-electron chi connectivity index (χ2n) is 4.59. The topological polar surface area (TPSA) is 41.6 Å². The van der Waals surface area contributed by atoms with Crippen LogP contribution in [0, 0.1) is 29.0 Å². The molecule has 4 heteroatoms. The third kappa shape index (κ3) is 4.30. The lowest BCUT2D eigenvalue weighted by Crippen LogP contribution is -1.96. The van der Waals surface area contributed by atoms with E-state index in [4.69, 9.17) is 5.26 Å². The summed E-state index contributed by atoms with van der Waals surface area (Å²) in [7, 11) is 0. The van der Waals surface area contributed by atoms with Crippen molar-refractivity contribution in [3.05, 3.63) is 84.0 Å². The van der Waals surface area contributed by atoms with Gasteiger partial charge in [0.05, 0.1) is 29.1 Å². The highest BCUT2D eigenvalue weighted by atomic mass is 19.1. The van der Waals surface area contributed by atoms with Gasteiger partial charge >= 0.3 is 0 Å². The summed E-state index contributed by atoms with van der Waals surface area (Å²) in [5, 5.41) is 13.0. The molecule has 23 heavy (non-hydrogen) atoms. The highest BCUT2D eigenvalue weighted by Gasteiger charge is 2.04. The first-order chi connectivity index (χ1) is 11.2. The van der Waals surface area contributed by atoms with Crippen molar-refractivity contribution in [3.8, 4) is 23.6 Å². The molecule has 0 saturated heterocycles. The lowest BCUT2D eigenvalue weighted by atomic mass is 10.2. The van der Waals surface area contributed by atoms with Crippen LogP contribution in [0.25, 0.3) is 5.69 Å². The average Bonchev–Trinajstić information content (AvgIpc) is 3.03. The summed E-state index contributed by atoms with van der Waals surface area (Å²) in [5.41, 5.74) is 2.18. The van der Waals surface area contributed by atoms with Gasteiger partial charge in [0, 0.05) is 11.8 Å². The standard InChI is InChI=1S/C19H14FN3/c1-3-5-6-15(4-2)7-8-16-13-22-23(14-16)19-10-17(12-21)9-18(20)11-19/h3-6,9-11,13-14H,2H2,1H3/b5-3-,15-6+. The smallest absolute Gasteiger partial charge is 0.126 e. The number of nitriles is 1. The lowest BCUT2D eigenvalue weighted by molar-refractivity contribution is 0.625. The van der Waals surface area contributed by atoms with Crippen LogP contribution in [-0.2, 0) is 0 Å². The molecule has 0 N–H and O–H groups in total. The highest BCUT2D eigenvalue weighted by Crippen LogP contribution is 2.13. The normalized spacial score (nSPS) is 10.9. The summed E-state index contributed by atoms with van der Waals surface area (Å²) in [6, 6.07) is 5.97. The molecule has 2 rings (SSSR count). The van der Waals surface area contributed by atoms with E-state index in [1.807, 2.05) is 31.2 Å². The van der Waals surface area contributed by atoms with Gasteiger partial charge in [0.25, 0.3) is 0 Å². The lowest BCUT2D eigenvalue weighted by Gasteiger charge is -2.01. The number of hydrogen-bond donors (Lipinski definition) is 0. The van der Waals surface area contributed by atoms with E-state index in [9.17, 15) is 4.39 Å². The van der Waals surface area contributed by atoms with Crippen molar-refractivity contribution < 1.29 is 4.39 Å². The average molecular weight is 303 g/mol. The van der Waals surface area contributed by atoms with Crippen molar-refractivity contribution in [2.45, 2.75) is 6.92 Å². The van der Waals surface area contributed by atoms with E-state index < -0.39 is 5.82 Å². The number of allylic oxidation sites excluding steroid dienone is 5. The van der Waals surface area contributed by atoms with E-state index in [0.717, 1.165) is 5.57 Å².